The van der Waals surface area contributed by atoms with Crippen LogP contribution in [0.1, 0.15) is 28.5 Å². The van der Waals surface area contributed by atoms with Crippen molar-refractivity contribution in [1.29, 1.82) is 0 Å². The Labute approximate surface area is 104 Å². The van der Waals surface area contributed by atoms with Gasteiger partial charge in [0.05, 0.1) is 12.3 Å². The summed E-state index contributed by atoms with van der Waals surface area (Å²) in [6, 6.07) is 0. The molecule has 1 rings (SSSR count). The zero-order valence-corrected chi connectivity index (χ0v) is 10.5. The fourth-order valence-electron chi connectivity index (χ4n) is 1.35. The van der Waals surface area contributed by atoms with Gasteiger partial charge in [-0.15, -0.1) is 0 Å². The van der Waals surface area contributed by atoms with E-state index in [0.717, 1.165) is 0 Å². The molecule has 0 spiro atoms. The van der Waals surface area contributed by atoms with E-state index < -0.39 is 17.4 Å². The molecule has 7 heteroatoms. The van der Waals surface area contributed by atoms with Crippen LogP contribution in [-0.2, 0) is 9.53 Å². The van der Waals surface area contributed by atoms with Gasteiger partial charge in [-0.1, -0.05) is 0 Å². The van der Waals surface area contributed by atoms with Crippen LogP contribution in [0, 0.1) is 13.8 Å². The van der Waals surface area contributed by atoms with Crippen molar-refractivity contribution in [1.82, 2.24) is 15.5 Å². The SMILES string of the molecule is CCOC(=O)CNC(=O)c1c(C)c(C)n[nH]c1=O. The number of carbonyl (C=O) groups excluding carboxylic acids is 2. The van der Waals surface area contributed by atoms with E-state index >= 15 is 0 Å². The molecule has 0 atom stereocenters. The number of ether oxygens (including phenoxy) is 1. The molecule has 0 aliphatic rings. The minimum atomic E-state index is -0.618. The molecular weight excluding hydrogens is 238 g/mol. The molecular formula is C11H15N3O4. The lowest BCUT2D eigenvalue weighted by Gasteiger charge is -2.07. The number of amides is 1. The van der Waals surface area contributed by atoms with Crippen molar-refractivity contribution in [3.05, 3.63) is 27.2 Å². The highest BCUT2D eigenvalue weighted by molar-refractivity contribution is 5.96. The molecule has 0 aliphatic carbocycles. The number of rotatable bonds is 4. The predicted octanol–water partition coefficient (Wildman–Crippen LogP) is -0.320. The topological polar surface area (TPSA) is 101 Å². The number of H-pyrrole nitrogens is 1. The Kier molecular flexibility index (Phi) is 4.59. The number of nitrogens with zero attached hydrogens (tertiary/aromatic N) is 1. The summed E-state index contributed by atoms with van der Waals surface area (Å²) >= 11 is 0. The van der Waals surface area contributed by atoms with Crippen LogP contribution in [0.3, 0.4) is 0 Å². The molecule has 98 valence electrons. The van der Waals surface area contributed by atoms with Gasteiger partial charge in [0, 0.05) is 0 Å². The number of esters is 1. The molecule has 2 N–H and O–H groups in total. The van der Waals surface area contributed by atoms with Crippen LogP contribution >= 0.6 is 0 Å². The van der Waals surface area contributed by atoms with Crippen LogP contribution < -0.4 is 10.9 Å². The molecule has 1 heterocycles. The van der Waals surface area contributed by atoms with Crippen molar-refractivity contribution in [3.8, 4) is 0 Å². The summed E-state index contributed by atoms with van der Waals surface area (Å²) in [5.74, 6) is -1.17. The molecule has 1 amide bonds. The number of aromatic amines is 1. The van der Waals surface area contributed by atoms with Crippen molar-refractivity contribution in [3.63, 3.8) is 0 Å². The van der Waals surface area contributed by atoms with Crippen molar-refractivity contribution in [2.45, 2.75) is 20.8 Å². The average molecular weight is 253 g/mol. The van der Waals surface area contributed by atoms with Gasteiger partial charge in [-0.2, -0.15) is 5.10 Å². The second-order valence-corrected chi connectivity index (χ2v) is 3.63. The monoisotopic (exact) mass is 253 g/mol. The molecule has 0 unspecified atom stereocenters. The summed E-state index contributed by atoms with van der Waals surface area (Å²) in [6.45, 7) is 4.93. The highest BCUT2D eigenvalue weighted by Gasteiger charge is 2.16. The number of hydrogen-bond acceptors (Lipinski definition) is 5. The lowest BCUT2D eigenvalue weighted by molar-refractivity contribution is -0.141. The normalized spacial score (nSPS) is 9.94. The van der Waals surface area contributed by atoms with E-state index in [1.807, 2.05) is 0 Å². The van der Waals surface area contributed by atoms with E-state index in [4.69, 9.17) is 0 Å². The quantitative estimate of drug-likeness (QED) is 0.716. The van der Waals surface area contributed by atoms with Crippen molar-refractivity contribution >= 4 is 11.9 Å². The third-order valence-electron chi connectivity index (χ3n) is 2.40. The van der Waals surface area contributed by atoms with Gasteiger partial charge in [-0.3, -0.25) is 14.4 Å². The average Bonchev–Trinajstić information content (AvgIpc) is 2.32. The highest BCUT2D eigenvalue weighted by Crippen LogP contribution is 2.04. The van der Waals surface area contributed by atoms with Gasteiger partial charge in [-0.05, 0) is 26.3 Å². The summed E-state index contributed by atoms with van der Waals surface area (Å²) in [4.78, 5) is 34.4. The van der Waals surface area contributed by atoms with Gasteiger partial charge < -0.3 is 10.1 Å². The maximum absolute atomic E-state index is 11.8. The molecule has 18 heavy (non-hydrogen) atoms. The standard InChI is InChI=1S/C11H15N3O4/c1-4-18-8(15)5-12-10(16)9-6(2)7(3)13-14-11(9)17/h4-5H2,1-3H3,(H,12,16)(H,14,17). The largest absolute Gasteiger partial charge is 0.465 e. The molecule has 0 radical (unpaired) electrons. The molecule has 0 saturated carbocycles. The van der Waals surface area contributed by atoms with E-state index in [1.165, 1.54) is 0 Å². The molecule has 1 aromatic heterocycles. The summed E-state index contributed by atoms with van der Waals surface area (Å²) in [7, 11) is 0. The third kappa shape index (κ3) is 3.16. The zero-order valence-electron chi connectivity index (χ0n) is 10.5. The molecule has 0 bridgehead atoms. The molecule has 0 aliphatic heterocycles. The number of carbonyl (C=O) groups is 2. The Morgan fingerprint density at radius 1 is 1.39 bits per heavy atom. The minimum Gasteiger partial charge on any atom is -0.465 e. The number of aromatic nitrogens is 2. The fourth-order valence-corrected chi connectivity index (χ4v) is 1.35. The summed E-state index contributed by atoms with van der Waals surface area (Å²) in [5, 5.41) is 8.29. The van der Waals surface area contributed by atoms with Crippen molar-refractivity contribution < 1.29 is 14.3 Å². The van der Waals surface area contributed by atoms with Crippen molar-refractivity contribution in [2.24, 2.45) is 0 Å². The Balaban J connectivity index is 2.82. The number of hydrogen-bond donors (Lipinski definition) is 2. The lowest BCUT2D eigenvalue weighted by atomic mass is 10.1. The Morgan fingerprint density at radius 3 is 2.67 bits per heavy atom. The molecule has 1 aromatic rings. The maximum Gasteiger partial charge on any atom is 0.325 e. The van der Waals surface area contributed by atoms with Crippen LogP contribution in [0.5, 0.6) is 0 Å². The molecule has 0 fully saturated rings. The van der Waals surface area contributed by atoms with E-state index in [2.05, 4.69) is 20.3 Å². The van der Waals surface area contributed by atoms with Gasteiger partial charge in [-0.25, -0.2) is 5.10 Å². The lowest BCUT2D eigenvalue weighted by Crippen LogP contribution is -2.35. The predicted molar refractivity (Wildman–Crippen MR) is 63.3 cm³/mol. The van der Waals surface area contributed by atoms with Crippen LogP contribution in [0.4, 0.5) is 0 Å². The number of nitrogens with one attached hydrogen (secondary N) is 2. The van der Waals surface area contributed by atoms with Crippen molar-refractivity contribution in [2.75, 3.05) is 13.2 Å². The Morgan fingerprint density at radius 2 is 2.06 bits per heavy atom. The first-order valence-electron chi connectivity index (χ1n) is 5.47. The Bertz CT molecular complexity index is 522. The first-order chi connectivity index (χ1) is 8.47. The van der Waals surface area contributed by atoms with E-state index in [0.29, 0.717) is 11.3 Å². The van der Waals surface area contributed by atoms with Gasteiger partial charge >= 0.3 is 5.97 Å². The zero-order chi connectivity index (χ0) is 13.7. The summed E-state index contributed by atoms with van der Waals surface area (Å²) in [5.41, 5.74) is 0.419. The first kappa shape index (κ1) is 13.9. The molecule has 0 saturated heterocycles. The van der Waals surface area contributed by atoms with E-state index in [9.17, 15) is 14.4 Å². The first-order valence-corrected chi connectivity index (χ1v) is 5.47. The van der Waals surface area contributed by atoms with E-state index in [1.54, 1.807) is 20.8 Å². The number of aryl methyl sites for hydroxylation is 1. The minimum absolute atomic E-state index is 0.0354. The maximum atomic E-state index is 11.8. The molecule has 7 nitrogen and oxygen atoms in total. The molecule has 0 aromatic carbocycles. The second-order valence-electron chi connectivity index (χ2n) is 3.63. The van der Waals surface area contributed by atoms with Crippen LogP contribution in [-0.4, -0.2) is 35.2 Å². The van der Waals surface area contributed by atoms with Crippen LogP contribution in [0.2, 0.25) is 0 Å². The summed E-state index contributed by atoms with van der Waals surface area (Å²) < 4.78 is 4.66. The van der Waals surface area contributed by atoms with Gasteiger partial charge in [0.25, 0.3) is 11.5 Å². The Hall–Kier alpha value is -2.18. The van der Waals surface area contributed by atoms with Crippen LogP contribution in [0.25, 0.3) is 0 Å². The third-order valence-corrected chi connectivity index (χ3v) is 2.40. The fraction of sp³-hybridized carbons (Fsp3) is 0.455. The summed E-state index contributed by atoms with van der Waals surface area (Å²) in [6.07, 6.45) is 0. The smallest absolute Gasteiger partial charge is 0.325 e. The van der Waals surface area contributed by atoms with Gasteiger partial charge in [0.15, 0.2) is 0 Å². The van der Waals surface area contributed by atoms with Crippen LogP contribution in [0.15, 0.2) is 4.79 Å². The van der Waals surface area contributed by atoms with Gasteiger partial charge in [0.2, 0.25) is 0 Å². The van der Waals surface area contributed by atoms with E-state index in [-0.39, 0.29) is 18.7 Å². The highest BCUT2D eigenvalue weighted by atomic mass is 16.5. The van der Waals surface area contributed by atoms with Gasteiger partial charge in [0.1, 0.15) is 12.1 Å². The second kappa shape index (κ2) is 5.95.